The fraction of sp³-hybridized carbons (Fsp3) is 0.643. The lowest BCUT2D eigenvalue weighted by molar-refractivity contribution is 0.312. The molecule has 1 aromatic rings. The first-order valence-electron chi connectivity index (χ1n) is 6.97. The van der Waals surface area contributed by atoms with Crippen LogP contribution < -0.4 is 10.0 Å². The number of pyridine rings is 1. The lowest BCUT2D eigenvalue weighted by Crippen LogP contribution is -2.41. The number of hydrogen-bond acceptors (Lipinski definition) is 4. The summed E-state index contributed by atoms with van der Waals surface area (Å²) in [4.78, 5) is 4.07. The highest BCUT2D eigenvalue weighted by atomic mass is 32.2. The van der Waals surface area contributed by atoms with Gasteiger partial charge in [0.05, 0.1) is 0 Å². The van der Waals surface area contributed by atoms with Crippen LogP contribution in [-0.2, 0) is 16.6 Å². The predicted octanol–water partition coefficient (Wildman–Crippen LogP) is 1.66. The van der Waals surface area contributed by atoms with Gasteiger partial charge in [-0.2, -0.15) is 0 Å². The number of aromatic nitrogens is 1. The van der Waals surface area contributed by atoms with E-state index in [1.807, 2.05) is 7.05 Å². The van der Waals surface area contributed by atoms with Gasteiger partial charge in [0.2, 0.25) is 0 Å². The van der Waals surface area contributed by atoms with Crippen LogP contribution in [0, 0.1) is 5.41 Å². The summed E-state index contributed by atoms with van der Waals surface area (Å²) in [7, 11) is -1.69. The number of hydrogen-bond donors (Lipinski definition) is 2. The Balaban J connectivity index is 2.14. The lowest BCUT2D eigenvalue weighted by Gasteiger charge is -2.27. The molecule has 1 saturated carbocycles. The van der Waals surface area contributed by atoms with E-state index in [0.29, 0.717) is 6.54 Å². The standard InChI is InChI=1S/C14H23N3O2S/c1-14(2)8-4-5-12(14)17-20(18,19)13-7-6-11(9-15-3)10-16-13/h6-7,10,12,15,17H,4-5,8-9H2,1-3H3. The summed E-state index contributed by atoms with van der Waals surface area (Å²) in [6.45, 7) is 4.89. The molecule has 0 bridgehead atoms. The van der Waals surface area contributed by atoms with Crippen LogP contribution in [0.5, 0.6) is 0 Å². The van der Waals surface area contributed by atoms with Crippen LogP contribution in [0.15, 0.2) is 23.4 Å². The number of nitrogens with one attached hydrogen (secondary N) is 2. The quantitative estimate of drug-likeness (QED) is 0.867. The summed E-state index contributed by atoms with van der Waals surface area (Å²) >= 11 is 0. The van der Waals surface area contributed by atoms with Gasteiger partial charge in [-0.05, 0) is 36.9 Å². The largest absolute Gasteiger partial charge is 0.316 e. The fourth-order valence-corrected chi connectivity index (χ4v) is 4.04. The third kappa shape index (κ3) is 3.37. The Morgan fingerprint density at radius 2 is 2.15 bits per heavy atom. The molecule has 1 aromatic heterocycles. The topological polar surface area (TPSA) is 71.1 Å². The second-order valence-electron chi connectivity index (χ2n) is 6.09. The van der Waals surface area contributed by atoms with E-state index in [2.05, 4.69) is 28.9 Å². The molecule has 0 saturated heterocycles. The highest BCUT2D eigenvalue weighted by Crippen LogP contribution is 2.37. The van der Waals surface area contributed by atoms with Crippen molar-refractivity contribution >= 4 is 10.0 Å². The van der Waals surface area contributed by atoms with Crippen LogP contribution in [0.3, 0.4) is 0 Å². The van der Waals surface area contributed by atoms with Crippen molar-refractivity contribution in [1.29, 1.82) is 0 Å². The summed E-state index contributed by atoms with van der Waals surface area (Å²) < 4.78 is 27.5. The van der Waals surface area contributed by atoms with E-state index in [1.54, 1.807) is 18.3 Å². The van der Waals surface area contributed by atoms with Gasteiger partial charge >= 0.3 is 0 Å². The highest BCUT2D eigenvalue weighted by molar-refractivity contribution is 7.89. The average molecular weight is 297 g/mol. The molecule has 1 fully saturated rings. The molecule has 1 unspecified atom stereocenters. The van der Waals surface area contributed by atoms with Crippen molar-refractivity contribution in [1.82, 2.24) is 15.0 Å². The van der Waals surface area contributed by atoms with Crippen LogP contribution in [0.1, 0.15) is 38.7 Å². The van der Waals surface area contributed by atoms with Gasteiger partial charge in [-0.25, -0.2) is 18.1 Å². The van der Waals surface area contributed by atoms with Crippen LogP contribution in [0.25, 0.3) is 0 Å². The minimum Gasteiger partial charge on any atom is -0.316 e. The third-order valence-corrected chi connectivity index (χ3v) is 5.40. The fourth-order valence-electron chi connectivity index (χ4n) is 2.67. The predicted molar refractivity (Wildman–Crippen MR) is 78.7 cm³/mol. The Bertz CT molecular complexity index is 552. The van der Waals surface area contributed by atoms with Gasteiger partial charge in [-0.15, -0.1) is 0 Å². The molecule has 1 aliphatic carbocycles. The van der Waals surface area contributed by atoms with E-state index in [9.17, 15) is 8.42 Å². The van der Waals surface area contributed by atoms with Crippen molar-refractivity contribution in [3.8, 4) is 0 Å². The van der Waals surface area contributed by atoms with Gasteiger partial charge in [0.25, 0.3) is 10.0 Å². The molecular weight excluding hydrogens is 274 g/mol. The zero-order chi connectivity index (χ0) is 14.8. The normalized spacial score (nSPS) is 22.1. The Morgan fingerprint density at radius 1 is 1.40 bits per heavy atom. The second kappa shape index (κ2) is 5.79. The molecular formula is C14H23N3O2S. The van der Waals surface area contributed by atoms with E-state index in [-0.39, 0.29) is 16.5 Å². The van der Waals surface area contributed by atoms with Crippen LogP contribution in [0.4, 0.5) is 0 Å². The van der Waals surface area contributed by atoms with Crippen molar-refractivity contribution in [2.45, 2.75) is 50.7 Å². The molecule has 5 nitrogen and oxygen atoms in total. The molecule has 6 heteroatoms. The van der Waals surface area contributed by atoms with Crippen LogP contribution >= 0.6 is 0 Å². The summed E-state index contributed by atoms with van der Waals surface area (Å²) in [6.07, 6.45) is 4.61. The van der Waals surface area contributed by atoms with E-state index < -0.39 is 10.0 Å². The maximum absolute atomic E-state index is 12.4. The van der Waals surface area contributed by atoms with Crippen LogP contribution in [-0.4, -0.2) is 26.5 Å². The van der Waals surface area contributed by atoms with Gasteiger partial charge in [0, 0.05) is 18.8 Å². The van der Waals surface area contributed by atoms with Gasteiger partial charge in [0.1, 0.15) is 0 Å². The molecule has 0 aromatic carbocycles. The van der Waals surface area contributed by atoms with Crippen LogP contribution in [0.2, 0.25) is 0 Å². The molecule has 20 heavy (non-hydrogen) atoms. The molecule has 0 amide bonds. The van der Waals surface area contributed by atoms with Crippen molar-refractivity contribution < 1.29 is 8.42 Å². The zero-order valence-corrected chi connectivity index (χ0v) is 13.1. The Labute approximate surface area is 121 Å². The number of rotatable bonds is 5. The molecule has 1 aliphatic rings. The molecule has 112 valence electrons. The monoisotopic (exact) mass is 297 g/mol. The molecule has 0 spiro atoms. The van der Waals surface area contributed by atoms with E-state index in [4.69, 9.17) is 0 Å². The SMILES string of the molecule is CNCc1ccc(S(=O)(=O)NC2CCCC2(C)C)nc1. The summed E-state index contributed by atoms with van der Waals surface area (Å²) in [5.74, 6) is 0. The first-order chi connectivity index (χ1) is 9.35. The zero-order valence-electron chi connectivity index (χ0n) is 12.3. The highest BCUT2D eigenvalue weighted by Gasteiger charge is 2.37. The van der Waals surface area contributed by atoms with Crippen molar-refractivity contribution in [3.05, 3.63) is 23.9 Å². The van der Waals surface area contributed by atoms with Gasteiger partial charge in [-0.1, -0.05) is 26.3 Å². The van der Waals surface area contributed by atoms with E-state index >= 15 is 0 Å². The Hall–Kier alpha value is -0.980. The average Bonchev–Trinajstić information content (AvgIpc) is 2.69. The lowest BCUT2D eigenvalue weighted by atomic mass is 9.88. The summed E-state index contributed by atoms with van der Waals surface area (Å²) in [5.41, 5.74) is 0.978. The molecule has 1 heterocycles. The molecule has 2 N–H and O–H groups in total. The van der Waals surface area contributed by atoms with Gasteiger partial charge < -0.3 is 5.32 Å². The Morgan fingerprint density at radius 3 is 2.65 bits per heavy atom. The number of sulfonamides is 1. The molecule has 0 aliphatic heterocycles. The first kappa shape index (κ1) is 15.4. The smallest absolute Gasteiger partial charge is 0.258 e. The van der Waals surface area contributed by atoms with Gasteiger partial charge in [0.15, 0.2) is 5.03 Å². The van der Waals surface area contributed by atoms with E-state index in [0.717, 1.165) is 24.8 Å². The van der Waals surface area contributed by atoms with E-state index in [1.165, 1.54) is 0 Å². The summed E-state index contributed by atoms with van der Waals surface area (Å²) in [5, 5.41) is 3.10. The molecule has 0 radical (unpaired) electrons. The minimum absolute atomic E-state index is 0.00807. The summed E-state index contributed by atoms with van der Waals surface area (Å²) in [6, 6.07) is 3.35. The van der Waals surface area contributed by atoms with Crippen molar-refractivity contribution in [2.24, 2.45) is 5.41 Å². The van der Waals surface area contributed by atoms with Crippen molar-refractivity contribution in [3.63, 3.8) is 0 Å². The maximum Gasteiger partial charge on any atom is 0.258 e. The molecule has 2 rings (SSSR count). The second-order valence-corrected chi connectivity index (χ2v) is 7.75. The van der Waals surface area contributed by atoms with Crippen molar-refractivity contribution in [2.75, 3.05) is 7.05 Å². The number of nitrogens with zero attached hydrogens (tertiary/aromatic N) is 1. The minimum atomic E-state index is -3.53. The Kier molecular flexibility index (Phi) is 4.46. The van der Waals surface area contributed by atoms with Gasteiger partial charge in [-0.3, -0.25) is 0 Å². The first-order valence-corrected chi connectivity index (χ1v) is 8.45. The molecule has 1 atom stereocenters. The third-order valence-electron chi connectivity index (χ3n) is 4.01. The maximum atomic E-state index is 12.4.